The number of benzene rings is 2. The van der Waals surface area contributed by atoms with Crippen molar-refractivity contribution in [2.45, 2.75) is 89.4 Å². The van der Waals surface area contributed by atoms with Crippen LogP contribution in [0.2, 0.25) is 0 Å². The molecule has 0 radical (unpaired) electrons. The van der Waals surface area contributed by atoms with Gasteiger partial charge in [-0.25, -0.2) is 0 Å². The maximum absolute atomic E-state index is 4.70. The molecule has 0 N–H and O–H groups in total. The largest absolute Gasteiger partial charge is 0.203 e. The first-order chi connectivity index (χ1) is 20.3. The summed E-state index contributed by atoms with van der Waals surface area (Å²) in [5.74, 6) is 4.52. The van der Waals surface area contributed by atoms with Crippen molar-refractivity contribution in [2.75, 3.05) is 0 Å². The van der Waals surface area contributed by atoms with Crippen LogP contribution in [-0.2, 0) is 12.8 Å². The van der Waals surface area contributed by atoms with E-state index in [-0.39, 0.29) is 0 Å². The Labute approximate surface area is 243 Å². The highest BCUT2D eigenvalue weighted by atomic mass is 15.3. The number of fused-ring (bicyclic) bond motifs is 2. The van der Waals surface area contributed by atoms with E-state index in [1.165, 1.54) is 91.9 Å². The average Bonchev–Trinajstić information content (AvgIpc) is 3.66. The molecule has 0 amide bonds. The molecule has 5 atom stereocenters. The van der Waals surface area contributed by atoms with Crippen LogP contribution in [0.5, 0.6) is 0 Å². The molecule has 2 fully saturated rings. The quantitative estimate of drug-likeness (QED) is 0.200. The van der Waals surface area contributed by atoms with Gasteiger partial charge in [-0.05, 0) is 96.8 Å². The van der Waals surface area contributed by atoms with Crippen LogP contribution in [-0.4, -0.2) is 30.6 Å². The van der Waals surface area contributed by atoms with Gasteiger partial charge in [0.25, 0.3) is 0 Å². The molecule has 210 valence electrons. The molecule has 0 bridgehead atoms. The number of nitrogens with zero attached hydrogens (tertiary/aromatic N) is 6. The fourth-order valence-electron chi connectivity index (χ4n) is 7.81. The fraction of sp³-hybridized carbons (Fsp3) is 0.486. The smallest absolute Gasteiger partial charge is 0.158 e. The van der Waals surface area contributed by atoms with Crippen LogP contribution < -0.4 is 0 Å². The number of aryl methyl sites for hydroxylation is 1. The van der Waals surface area contributed by atoms with Crippen molar-refractivity contribution in [2.24, 2.45) is 17.8 Å². The minimum atomic E-state index is 0.542. The molecule has 7 rings (SSSR count). The van der Waals surface area contributed by atoms with Gasteiger partial charge in [-0.3, -0.25) is 0 Å². The Kier molecular flexibility index (Phi) is 7.56. The Morgan fingerprint density at radius 3 is 1.98 bits per heavy atom. The number of hydrogen-bond acceptors (Lipinski definition) is 6. The lowest BCUT2D eigenvalue weighted by atomic mass is 9.67. The van der Waals surface area contributed by atoms with Gasteiger partial charge in [0, 0.05) is 11.1 Å². The predicted molar refractivity (Wildman–Crippen MR) is 161 cm³/mol. The molecule has 4 aromatic rings. The minimum Gasteiger partial charge on any atom is -0.158 e. The van der Waals surface area contributed by atoms with Gasteiger partial charge in [0.15, 0.2) is 6.33 Å². The van der Waals surface area contributed by atoms with Gasteiger partial charge in [0.05, 0.1) is 11.9 Å². The molecule has 6 nitrogen and oxygen atoms in total. The van der Waals surface area contributed by atoms with Gasteiger partial charge in [-0.15, -0.1) is 20.4 Å². The van der Waals surface area contributed by atoms with Gasteiger partial charge < -0.3 is 0 Å². The normalized spacial score (nSPS) is 24.9. The first kappa shape index (κ1) is 26.4. The predicted octanol–water partition coefficient (Wildman–Crippen LogP) is 7.76. The van der Waals surface area contributed by atoms with E-state index in [4.69, 9.17) is 5.10 Å². The van der Waals surface area contributed by atoms with E-state index in [0.717, 1.165) is 41.9 Å². The molecule has 2 heterocycles. The molecule has 0 spiro atoms. The summed E-state index contributed by atoms with van der Waals surface area (Å²) >= 11 is 0. The Bertz CT molecular complexity index is 1450. The van der Waals surface area contributed by atoms with Crippen molar-refractivity contribution >= 4 is 0 Å². The molecule has 6 heteroatoms. The third-order valence-corrected chi connectivity index (χ3v) is 10.3. The van der Waals surface area contributed by atoms with Crippen molar-refractivity contribution in [3.05, 3.63) is 83.3 Å². The van der Waals surface area contributed by atoms with Crippen LogP contribution in [0.25, 0.3) is 22.6 Å². The van der Waals surface area contributed by atoms with Crippen LogP contribution in [0.4, 0.5) is 0 Å². The minimum absolute atomic E-state index is 0.542. The van der Waals surface area contributed by atoms with E-state index >= 15 is 0 Å². The topological polar surface area (TPSA) is 77.3 Å². The molecule has 41 heavy (non-hydrogen) atoms. The van der Waals surface area contributed by atoms with E-state index in [1.807, 2.05) is 6.20 Å². The molecule has 2 aromatic carbocycles. The van der Waals surface area contributed by atoms with Crippen molar-refractivity contribution in [1.29, 1.82) is 0 Å². The summed E-state index contributed by atoms with van der Waals surface area (Å²) < 4.78 is 0. The molecule has 3 aliphatic rings. The lowest BCUT2D eigenvalue weighted by Gasteiger charge is -2.37. The lowest BCUT2D eigenvalue weighted by Crippen LogP contribution is -2.21. The van der Waals surface area contributed by atoms with Crippen LogP contribution in [0.1, 0.15) is 98.8 Å². The number of unbranched alkanes of at least 4 members (excludes halogenated alkanes) is 3. The summed E-state index contributed by atoms with van der Waals surface area (Å²) in [7, 11) is 0. The Morgan fingerprint density at radius 2 is 1.32 bits per heavy atom. The standard InChI is InChI=1S/C35H40N6/c1-2-3-4-5-6-31-32-16-15-27-21-36-39-34(30(27)19-20-33(31)32)25-11-7-23(8-12-25)28-17-18-29(28)24-9-13-26(14-10-24)35-40-37-22-38-41-35/h7-14,21-22,28-29,31-33H,2-6,15-20H2,1H3/t28?,29?,31?,32-,33+/m1/s1. The first-order valence-electron chi connectivity index (χ1n) is 15.8. The monoisotopic (exact) mass is 544 g/mol. The Morgan fingerprint density at radius 1 is 0.659 bits per heavy atom. The van der Waals surface area contributed by atoms with Crippen LogP contribution in [0.15, 0.2) is 61.1 Å². The van der Waals surface area contributed by atoms with Crippen molar-refractivity contribution in [1.82, 2.24) is 30.6 Å². The number of hydrogen-bond donors (Lipinski definition) is 0. The van der Waals surface area contributed by atoms with Gasteiger partial charge in [0.1, 0.15) is 0 Å². The van der Waals surface area contributed by atoms with Crippen LogP contribution in [0.3, 0.4) is 0 Å². The molecule has 3 aliphatic carbocycles. The molecule has 2 aromatic heterocycles. The lowest BCUT2D eigenvalue weighted by molar-refractivity contribution is 0.346. The second kappa shape index (κ2) is 11.8. The number of aromatic nitrogens is 6. The van der Waals surface area contributed by atoms with Gasteiger partial charge in [-0.2, -0.15) is 10.2 Å². The second-order valence-corrected chi connectivity index (χ2v) is 12.5. The summed E-state index contributed by atoms with van der Waals surface area (Å²) in [6, 6.07) is 17.9. The molecule has 0 aliphatic heterocycles. The van der Waals surface area contributed by atoms with Crippen molar-refractivity contribution < 1.29 is 0 Å². The average molecular weight is 545 g/mol. The zero-order chi connectivity index (χ0) is 27.6. The summed E-state index contributed by atoms with van der Waals surface area (Å²) in [6.07, 6.45) is 17.8. The van der Waals surface area contributed by atoms with Crippen molar-refractivity contribution in [3.8, 4) is 22.6 Å². The van der Waals surface area contributed by atoms with Crippen LogP contribution >= 0.6 is 0 Å². The van der Waals surface area contributed by atoms with Gasteiger partial charge >= 0.3 is 0 Å². The van der Waals surface area contributed by atoms with Crippen molar-refractivity contribution in [3.63, 3.8) is 0 Å². The SMILES string of the molecule is CCCCCCC1[C@H]2CCc3cnnc(-c4ccc(C5CCC5c5ccc(-c6nncnn6)cc5)cc4)c3CC[C@@H]12. The van der Waals surface area contributed by atoms with Gasteiger partial charge in [-0.1, -0.05) is 81.1 Å². The van der Waals surface area contributed by atoms with E-state index < -0.39 is 0 Å². The van der Waals surface area contributed by atoms with E-state index in [2.05, 4.69) is 80.9 Å². The Balaban J connectivity index is 1.03. The third kappa shape index (κ3) is 5.41. The maximum atomic E-state index is 4.70. The summed E-state index contributed by atoms with van der Waals surface area (Å²) in [4.78, 5) is 0. The first-order valence-corrected chi connectivity index (χ1v) is 15.8. The Hall–Kier alpha value is -3.54. The third-order valence-electron chi connectivity index (χ3n) is 10.3. The highest BCUT2D eigenvalue weighted by molar-refractivity contribution is 5.65. The zero-order valence-corrected chi connectivity index (χ0v) is 24.1. The molecule has 0 saturated heterocycles. The summed E-state index contributed by atoms with van der Waals surface area (Å²) in [6.45, 7) is 2.30. The zero-order valence-electron chi connectivity index (χ0n) is 24.1. The number of rotatable bonds is 9. The summed E-state index contributed by atoms with van der Waals surface area (Å²) in [5, 5.41) is 25.0. The van der Waals surface area contributed by atoms with E-state index in [0.29, 0.717) is 17.7 Å². The van der Waals surface area contributed by atoms with Gasteiger partial charge in [0.2, 0.25) is 5.82 Å². The fourth-order valence-corrected chi connectivity index (χ4v) is 7.81. The maximum Gasteiger partial charge on any atom is 0.203 e. The summed E-state index contributed by atoms with van der Waals surface area (Å²) in [5.41, 5.74) is 8.97. The van der Waals surface area contributed by atoms with E-state index in [9.17, 15) is 0 Å². The molecule has 2 saturated carbocycles. The highest BCUT2D eigenvalue weighted by Gasteiger charge is 2.48. The van der Waals surface area contributed by atoms with E-state index in [1.54, 1.807) is 0 Å². The van der Waals surface area contributed by atoms with Crippen LogP contribution in [0, 0.1) is 17.8 Å². The second-order valence-electron chi connectivity index (χ2n) is 12.5. The molecule has 3 unspecified atom stereocenters. The molecular weight excluding hydrogens is 504 g/mol. The molecular formula is C35H40N6. The highest BCUT2D eigenvalue weighted by Crippen LogP contribution is 2.55.